The Kier molecular flexibility index (Phi) is 4.93. The Labute approximate surface area is 122 Å². The van der Waals surface area contributed by atoms with Crippen molar-refractivity contribution in [3.63, 3.8) is 0 Å². The van der Waals surface area contributed by atoms with Gasteiger partial charge < -0.3 is 5.11 Å². The van der Waals surface area contributed by atoms with Gasteiger partial charge in [-0.2, -0.15) is 0 Å². The van der Waals surface area contributed by atoms with Gasteiger partial charge in [0.2, 0.25) is 0 Å². The summed E-state index contributed by atoms with van der Waals surface area (Å²) in [6.45, 7) is 1.50. The third-order valence-electron chi connectivity index (χ3n) is 2.83. The van der Waals surface area contributed by atoms with Crippen LogP contribution in [0.3, 0.4) is 0 Å². The predicted octanol–water partition coefficient (Wildman–Crippen LogP) is 2.75. The first-order valence-electron chi connectivity index (χ1n) is 6.43. The van der Waals surface area contributed by atoms with Gasteiger partial charge in [-0.15, -0.1) is 0 Å². The maximum Gasteiger partial charge on any atom is 0.332 e. The van der Waals surface area contributed by atoms with E-state index in [1.54, 1.807) is 31.0 Å². The first-order chi connectivity index (χ1) is 10.2. The van der Waals surface area contributed by atoms with Crippen LogP contribution in [0, 0.1) is 0 Å². The van der Waals surface area contributed by atoms with Crippen LogP contribution in [0.1, 0.15) is 12.5 Å². The van der Waals surface area contributed by atoms with E-state index in [1.165, 1.54) is 13.1 Å². The molecule has 2 heterocycles. The molecule has 0 aliphatic heterocycles. The Morgan fingerprint density at radius 2 is 2.10 bits per heavy atom. The largest absolute Gasteiger partial charge is 0.478 e. The molecule has 0 aliphatic rings. The van der Waals surface area contributed by atoms with Crippen LogP contribution in [0.4, 0.5) is 0 Å². The second-order valence-electron chi connectivity index (χ2n) is 4.48. The van der Waals surface area contributed by atoms with Gasteiger partial charge in [0.25, 0.3) is 0 Å². The van der Waals surface area contributed by atoms with Crippen molar-refractivity contribution in [1.29, 1.82) is 0 Å². The number of carboxylic acids is 1. The summed E-state index contributed by atoms with van der Waals surface area (Å²) in [6, 6.07) is 5.87. The lowest BCUT2D eigenvalue weighted by atomic mass is 10.1. The Balaban J connectivity index is 2.07. The van der Waals surface area contributed by atoms with E-state index in [-0.39, 0.29) is 5.57 Å². The molecule has 0 atom stereocenters. The van der Waals surface area contributed by atoms with Crippen molar-refractivity contribution in [1.82, 2.24) is 9.97 Å². The molecule has 21 heavy (non-hydrogen) atoms. The van der Waals surface area contributed by atoms with Gasteiger partial charge in [0.15, 0.2) is 0 Å². The van der Waals surface area contributed by atoms with Gasteiger partial charge >= 0.3 is 5.97 Å². The number of hydrogen-bond acceptors (Lipinski definition) is 4. The van der Waals surface area contributed by atoms with Gasteiger partial charge in [-0.3, -0.25) is 15.0 Å². The van der Waals surface area contributed by atoms with Crippen molar-refractivity contribution in [2.45, 2.75) is 13.3 Å². The monoisotopic (exact) mass is 281 g/mol. The van der Waals surface area contributed by atoms with Gasteiger partial charge in [0.1, 0.15) is 0 Å². The minimum absolute atomic E-state index is 0.202. The predicted molar refractivity (Wildman–Crippen MR) is 81.1 cm³/mol. The van der Waals surface area contributed by atoms with Crippen LogP contribution >= 0.6 is 0 Å². The molecule has 5 nitrogen and oxygen atoms in total. The summed E-state index contributed by atoms with van der Waals surface area (Å²) in [6.07, 6.45) is 10.6. The zero-order valence-corrected chi connectivity index (χ0v) is 11.6. The van der Waals surface area contributed by atoms with E-state index in [9.17, 15) is 4.79 Å². The number of carbonyl (C=O) groups is 1. The van der Waals surface area contributed by atoms with Crippen LogP contribution in [0.5, 0.6) is 0 Å². The van der Waals surface area contributed by atoms with Gasteiger partial charge in [-0.1, -0.05) is 6.07 Å². The van der Waals surface area contributed by atoms with Crippen LogP contribution in [-0.4, -0.2) is 27.3 Å². The van der Waals surface area contributed by atoms with Crippen LogP contribution in [0.15, 0.2) is 59.8 Å². The molecule has 0 amide bonds. The van der Waals surface area contributed by atoms with Gasteiger partial charge in [-0.25, -0.2) is 4.79 Å². The minimum Gasteiger partial charge on any atom is -0.478 e. The number of nitrogens with zero attached hydrogens (tertiary/aromatic N) is 3. The highest BCUT2D eigenvalue weighted by atomic mass is 16.4. The molecule has 2 rings (SSSR count). The maximum atomic E-state index is 10.6. The van der Waals surface area contributed by atoms with Crippen LogP contribution < -0.4 is 0 Å². The van der Waals surface area contributed by atoms with Crippen molar-refractivity contribution in [3.05, 3.63) is 60.3 Å². The van der Waals surface area contributed by atoms with Crippen molar-refractivity contribution in [3.8, 4) is 11.1 Å². The highest BCUT2D eigenvalue weighted by molar-refractivity contribution is 5.86. The molecule has 0 spiro atoms. The standard InChI is InChI=1S/C16H15N3O2/c1-12(16(20)21)8-18-6-4-13-7-15(11-19-9-13)14-3-2-5-17-10-14/h2-3,5-11H,4H2,1H3,(H,20,21)/b12-8+,18-6?. The lowest BCUT2D eigenvalue weighted by Crippen LogP contribution is -1.95. The molecule has 0 bridgehead atoms. The van der Waals surface area contributed by atoms with Crippen molar-refractivity contribution < 1.29 is 9.90 Å². The van der Waals surface area contributed by atoms with Crippen molar-refractivity contribution >= 4 is 12.2 Å². The molecule has 1 N–H and O–H groups in total. The van der Waals surface area contributed by atoms with Crippen LogP contribution in [0.25, 0.3) is 11.1 Å². The maximum absolute atomic E-state index is 10.6. The normalized spacial score (nSPS) is 11.8. The third kappa shape index (κ3) is 4.35. The smallest absolute Gasteiger partial charge is 0.332 e. The molecule has 5 heteroatoms. The van der Waals surface area contributed by atoms with E-state index < -0.39 is 5.97 Å². The fourth-order valence-electron chi connectivity index (χ4n) is 1.67. The van der Waals surface area contributed by atoms with Crippen LogP contribution in [-0.2, 0) is 11.2 Å². The zero-order chi connectivity index (χ0) is 15.1. The number of hydrogen-bond donors (Lipinski definition) is 1. The molecule has 0 saturated heterocycles. The van der Waals surface area contributed by atoms with Crippen molar-refractivity contribution in [2.75, 3.05) is 0 Å². The van der Waals surface area contributed by atoms with E-state index in [1.807, 2.05) is 18.2 Å². The molecule has 0 aromatic carbocycles. The molecule has 0 unspecified atom stereocenters. The molecule has 2 aromatic heterocycles. The van der Waals surface area contributed by atoms with Gasteiger partial charge in [0.05, 0.1) is 5.57 Å². The van der Waals surface area contributed by atoms with E-state index >= 15 is 0 Å². The second kappa shape index (κ2) is 7.09. The molecule has 0 fully saturated rings. The number of pyridine rings is 2. The molecular formula is C16H15N3O2. The first kappa shape index (κ1) is 14.6. The van der Waals surface area contributed by atoms with Gasteiger partial charge in [0, 0.05) is 54.7 Å². The summed E-state index contributed by atoms with van der Waals surface area (Å²) in [5, 5.41) is 8.70. The summed E-state index contributed by atoms with van der Waals surface area (Å²) in [4.78, 5) is 22.9. The lowest BCUT2D eigenvalue weighted by Gasteiger charge is -2.02. The molecule has 0 aliphatic carbocycles. The highest BCUT2D eigenvalue weighted by Gasteiger charge is 2.00. The SMILES string of the molecule is C/C(=C\N=CCc1cncc(-c2cccnc2)c1)C(=O)O. The van der Waals surface area contributed by atoms with E-state index in [0.29, 0.717) is 6.42 Å². The molecular weight excluding hydrogens is 266 g/mol. The topological polar surface area (TPSA) is 75.4 Å². The zero-order valence-electron chi connectivity index (χ0n) is 11.6. The number of rotatable bonds is 5. The average molecular weight is 281 g/mol. The quantitative estimate of drug-likeness (QED) is 0.675. The lowest BCUT2D eigenvalue weighted by molar-refractivity contribution is -0.132. The Morgan fingerprint density at radius 3 is 2.81 bits per heavy atom. The van der Waals surface area contributed by atoms with Crippen LogP contribution in [0.2, 0.25) is 0 Å². The molecule has 2 aromatic rings. The third-order valence-corrected chi connectivity index (χ3v) is 2.83. The van der Waals surface area contributed by atoms with Crippen molar-refractivity contribution in [2.24, 2.45) is 4.99 Å². The summed E-state index contributed by atoms with van der Waals surface area (Å²) < 4.78 is 0. The average Bonchev–Trinajstić information content (AvgIpc) is 2.52. The molecule has 0 radical (unpaired) electrons. The van der Waals surface area contributed by atoms with E-state index in [2.05, 4.69) is 15.0 Å². The molecule has 0 saturated carbocycles. The number of aliphatic carboxylic acids is 1. The Morgan fingerprint density at radius 1 is 1.29 bits per heavy atom. The van der Waals surface area contributed by atoms with E-state index in [4.69, 9.17) is 5.11 Å². The fourth-order valence-corrected chi connectivity index (χ4v) is 1.67. The molecule has 106 valence electrons. The second-order valence-corrected chi connectivity index (χ2v) is 4.48. The summed E-state index contributed by atoms with van der Waals surface area (Å²) >= 11 is 0. The summed E-state index contributed by atoms with van der Waals surface area (Å²) in [5.74, 6) is -0.965. The summed E-state index contributed by atoms with van der Waals surface area (Å²) in [7, 11) is 0. The Bertz CT molecular complexity index is 679. The van der Waals surface area contributed by atoms with Gasteiger partial charge in [-0.05, 0) is 24.6 Å². The highest BCUT2D eigenvalue weighted by Crippen LogP contribution is 2.17. The fraction of sp³-hybridized carbons (Fsp3) is 0.125. The number of carboxylic acid groups (broad SMARTS) is 1. The first-order valence-corrected chi connectivity index (χ1v) is 6.43. The van der Waals surface area contributed by atoms with E-state index in [0.717, 1.165) is 16.7 Å². The minimum atomic E-state index is -0.965. The summed E-state index contributed by atoms with van der Waals surface area (Å²) in [5.41, 5.74) is 3.20. The number of aromatic nitrogens is 2. The number of aliphatic imine (C=N–C) groups is 1. The Hall–Kier alpha value is -2.82.